The molecule has 0 amide bonds. The number of rotatable bonds is 9. The predicted octanol–water partition coefficient (Wildman–Crippen LogP) is 14.9. The Hall–Kier alpha value is -7.50. The van der Waals surface area contributed by atoms with Crippen LogP contribution in [0.25, 0.3) is 0 Å². The van der Waals surface area contributed by atoms with Crippen molar-refractivity contribution in [3.05, 3.63) is 237 Å². The average molecular weight is 975 g/mol. The first-order chi connectivity index (χ1) is 32.9. The maximum Gasteiger partial charge on any atom is 0.337 e. The summed E-state index contributed by atoms with van der Waals surface area (Å²) in [4.78, 5) is 16.3. The second kappa shape index (κ2) is 21.9. The third kappa shape index (κ3) is 12.3. The molecule has 0 fully saturated rings. The van der Waals surface area contributed by atoms with Crippen LogP contribution in [0.3, 0.4) is 0 Å². The molecule has 8 aromatic rings. The van der Waals surface area contributed by atoms with E-state index in [1.807, 2.05) is 43.3 Å². The van der Waals surface area contributed by atoms with Gasteiger partial charge < -0.3 is 30.9 Å². The molecule has 0 unspecified atom stereocenters. The van der Waals surface area contributed by atoms with Crippen LogP contribution in [-0.2, 0) is 25.9 Å². The summed E-state index contributed by atoms with van der Waals surface area (Å²) in [5.41, 5.74) is 15.2. The number of carbonyl (C=O) groups is 1. The third-order valence-electron chi connectivity index (χ3n) is 12.0. The molecule has 0 aliphatic carbocycles. The molecule has 11 heteroatoms. The molecule has 344 valence electrons. The summed E-state index contributed by atoms with van der Waals surface area (Å²) in [7, 11) is 0. The number of hydrogen-bond donors (Lipinski definition) is 4. The number of carboxylic acids is 1. The van der Waals surface area contributed by atoms with Gasteiger partial charge in [0.15, 0.2) is 0 Å². The van der Waals surface area contributed by atoms with Crippen LogP contribution in [0.15, 0.2) is 180 Å². The topological polar surface area (TPSA) is 79.9 Å². The van der Waals surface area contributed by atoms with Crippen molar-refractivity contribution in [2.45, 2.75) is 39.8 Å². The number of benzene rings is 8. The van der Waals surface area contributed by atoms with E-state index in [1.54, 1.807) is 42.5 Å². The van der Waals surface area contributed by atoms with E-state index < -0.39 is 5.97 Å². The maximum atomic E-state index is 13.1. The molecule has 2 aliphatic rings. The largest absolute Gasteiger partial charge is 0.478 e. The van der Waals surface area contributed by atoms with E-state index in [0.29, 0.717) is 11.4 Å². The molecule has 0 saturated heterocycles. The summed E-state index contributed by atoms with van der Waals surface area (Å²) in [6.07, 6.45) is 2.03. The molecule has 68 heavy (non-hydrogen) atoms. The van der Waals surface area contributed by atoms with Crippen LogP contribution in [0, 0.1) is 31.3 Å². The highest BCUT2D eigenvalue weighted by Gasteiger charge is 2.20. The summed E-state index contributed by atoms with van der Waals surface area (Å²) in [5.74, 6) is -1.78. The molecule has 0 radical (unpaired) electrons. The second-order valence-electron chi connectivity index (χ2n) is 16.8. The van der Waals surface area contributed by atoms with Crippen LogP contribution in [0.2, 0.25) is 0 Å². The fourth-order valence-corrected chi connectivity index (χ4v) is 8.55. The Morgan fingerprint density at radius 1 is 0.485 bits per heavy atom. The molecule has 4 N–H and O–H groups in total. The lowest BCUT2D eigenvalue weighted by atomic mass is 9.99. The van der Waals surface area contributed by atoms with E-state index in [9.17, 15) is 23.1 Å². The molecule has 0 atom stereocenters. The van der Waals surface area contributed by atoms with E-state index in [0.717, 1.165) is 77.5 Å². The standard InChI is InChI=1S/C22H19FN2O2.C22H21FN2.C13H11BrFN/c23-17-5-7-18(8-6-17)24-21-13-19(9-10-20(21)22(26)27)25-12-11-15-3-1-2-4-16(15)14-25;1-16-6-11-21(14-22(16)24-20-9-7-19(23)8-10-20)25-13-12-17-4-2-3-5-18(17)15-25;1-9-2-3-10(14)8-13(9)16-12-6-4-11(15)5-7-12/h1-10,13,24H,11-12,14H2,(H,26,27);2-11,14,24H,12-13,15H2,1H3;2-8,16H,1H3. The monoisotopic (exact) mass is 973 g/mol. The van der Waals surface area contributed by atoms with E-state index in [2.05, 4.69) is 109 Å². The fourth-order valence-electron chi connectivity index (χ4n) is 8.19. The van der Waals surface area contributed by atoms with Crippen molar-refractivity contribution in [3.63, 3.8) is 0 Å². The van der Waals surface area contributed by atoms with E-state index in [-0.39, 0.29) is 23.0 Å². The van der Waals surface area contributed by atoms with E-state index in [4.69, 9.17) is 0 Å². The maximum absolute atomic E-state index is 13.1. The molecule has 8 aromatic carbocycles. The van der Waals surface area contributed by atoms with Crippen LogP contribution in [-0.4, -0.2) is 24.2 Å². The molecule has 2 heterocycles. The highest BCUT2D eigenvalue weighted by atomic mass is 79.9. The number of carboxylic acid groups (broad SMARTS) is 1. The van der Waals surface area contributed by atoms with Gasteiger partial charge in [0.05, 0.1) is 11.3 Å². The summed E-state index contributed by atoms with van der Waals surface area (Å²) < 4.78 is 40.0. The first-order valence-electron chi connectivity index (χ1n) is 22.4. The van der Waals surface area contributed by atoms with Crippen LogP contribution in [0.5, 0.6) is 0 Å². The van der Waals surface area contributed by atoms with Gasteiger partial charge in [-0.25, -0.2) is 18.0 Å². The van der Waals surface area contributed by atoms with Gasteiger partial charge in [0.25, 0.3) is 0 Å². The van der Waals surface area contributed by atoms with Gasteiger partial charge in [0, 0.05) is 70.5 Å². The molecule has 0 saturated carbocycles. The second-order valence-corrected chi connectivity index (χ2v) is 17.7. The minimum atomic E-state index is -1.00. The van der Waals surface area contributed by atoms with Crippen molar-refractivity contribution < 1.29 is 23.1 Å². The van der Waals surface area contributed by atoms with Gasteiger partial charge in [-0.1, -0.05) is 76.6 Å². The Labute approximate surface area is 404 Å². The van der Waals surface area contributed by atoms with Gasteiger partial charge in [-0.3, -0.25) is 0 Å². The molecule has 0 spiro atoms. The number of nitrogens with one attached hydrogen (secondary N) is 3. The van der Waals surface area contributed by atoms with Crippen LogP contribution in [0.1, 0.15) is 43.7 Å². The average Bonchev–Trinajstić information content (AvgIpc) is 3.35. The SMILES string of the molecule is Cc1ccc(Br)cc1Nc1ccc(F)cc1.Cc1ccc(N2CCc3ccccc3C2)cc1Nc1ccc(F)cc1.O=C(O)c1ccc(N2CCc3ccccc3C2)cc1Nc1ccc(F)cc1. The molecule has 2 aliphatic heterocycles. The lowest BCUT2D eigenvalue weighted by molar-refractivity contribution is 0.0698. The van der Waals surface area contributed by atoms with Crippen LogP contribution in [0.4, 0.5) is 58.7 Å². The summed E-state index contributed by atoms with van der Waals surface area (Å²) in [6.45, 7) is 7.74. The highest BCUT2D eigenvalue weighted by molar-refractivity contribution is 9.10. The minimum Gasteiger partial charge on any atom is -0.478 e. The van der Waals surface area contributed by atoms with Gasteiger partial charge in [-0.15, -0.1) is 0 Å². The van der Waals surface area contributed by atoms with Crippen molar-refractivity contribution in [2.24, 2.45) is 0 Å². The Bertz CT molecular complexity index is 3000. The lowest BCUT2D eigenvalue weighted by Gasteiger charge is -2.31. The Balaban J connectivity index is 0.000000142. The number of halogens is 4. The van der Waals surface area contributed by atoms with E-state index in [1.165, 1.54) is 69.9 Å². The normalized spacial score (nSPS) is 12.6. The first-order valence-corrected chi connectivity index (χ1v) is 23.2. The number of aryl methyl sites for hydroxylation is 2. The van der Waals surface area contributed by atoms with Crippen molar-refractivity contribution in [3.8, 4) is 0 Å². The molecular formula is C57H51BrF3N5O2. The first kappa shape index (κ1) is 47.0. The molecular weight excluding hydrogens is 924 g/mol. The zero-order valence-corrected chi connectivity index (χ0v) is 39.3. The number of hydrogen-bond acceptors (Lipinski definition) is 6. The van der Waals surface area contributed by atoms with Crippen molar-refractivity contribution >= 4 is 67.4 Å². The van der Waals surface area contributed by atoms with Gasteiger partial charge in [-0.2, -0.15) is 0 Å². The summed E-state index contributed by atoms with van der Waals surface area (Å²) in [6, 6.07) is 53.5. The smallest absolute Gasteiger partial charge is 0.337 e. The molecule has 7 nitrogen and oxygen atoms in total. The number of anilines is 8. The van der Waals surface area contributed by atoms with Gasteiger partial charge in [0.2, 0.25) is 0 Å². The quantitative estimate of drug-likeness (QED) is 0.115. The zero-order chi connectivity index (χ0) is 47.6. The Kier molecular flexibility index (Phi) is 15.1. The Morgan fingerprint density at radius 3 is 1.32 bits per heavy atom. The van der Waals surface area contributed by atoms with Gasteiger partial charge >= 0.3 is 5.97 Å². The van der Waals surface area contributed by atoms with Crippen molar-refractivity contribution in [2.75, 3.05) is 38.8 Å². The van der Waals surface area contributed by atoms with Gasteiger partial charge in [0.1, 0.15) is 17.5 Å². The number of aromatic carboxylic acids is 1. The van der Waals surface area contributed by atoms with E-state index >= 15 is 0 Å². The van der Waals surface area contributed by atoms with Crippen molar-refractivity contribution in [1.29, 1.82) is 0 Å². The molecule has 0 bridgehead atoms. The predicted molar refractivity (Wildman–Crippen MR) is 275 cm³/mol. The number of nitrogens with zero attached hydrogens (tertiary/aromatic N) is 2. The van der Waals surface area contributed by atoms with Crippen LogP contribution >= 0.6 is 15.9 Å². The third-order valence-corrected chi connectivity index (χ3v) is 12.5. The van der Waals surface area contributed by atoms with Gasteiger partial charge in [-0.05, 0) is 175 Å². The molecule has 10 rings (SSSR count). The molecule has 0 aromatic heterocycles. The zero-order valence-electron chi connectivity index (χ0n) is 37.7. The minimum absolute atomic E-state index is 0.181. The number of fused-ring (bicyclic) bond motifs is 2. The summed E-state index contributed by atoms with van der Waals surface area (Å²) in [5, 5.41) is 19.3. The van der Waals surface area contributed by atoms with Crippen molar-refractivity contribution in [1.82, 2.24) is 0 Å². The van der Waals surface area contributed by atoms with Crippen LogP contribution < -0.4 is 25.8 Å². The summed E-state index contributed by atoms with van der Waals surface area (Å²) >= 11 is 3.42. The lowest BCUT2D eigenvalue weighted by Crippen LogP contribution is -2.30. The highest BCUT2D eigenvalue weighted by Crippen LogP contribution is 2.32. The fraction of sp³-hybridized carbons (Fsp3) is 0.140. The Morgan fingerprint density at radius 2 is 0.868 bits per heavy atom.